The van der Waals surface area contributed by atoms with Crippen LogP contribution < -0.4 is 4.74 Å². The Morgan fingerprint density at radius 2 is 1.76 bits per heavy atom. The topological polar surface area (TPSA) is 79.3 Å². The monoisotopic (exact) mass is 510 g/mol. The van der Waals surface area contributed by atoms with Crippen LogP contribution >= 0.6 is 0 Å². The van der Waals surface area contributed by atoms with E-state index in [2.05, 4.69) is 25.7 Å². The van der Waals surface area contributed by atoms with E-state index in [1.54, 1.807) is 0 Å². The molecule has 0 bridgehead atoms. The van der Waals surface area contributed by atoms with Crippen LogP contribution in [0.4, 0.5) is 4.39 Å². The molecule has 0 saturated carbocycles. The molecule has 0 aliphatic carbocycles. The molecule has 0 aromatic heterocycles. The molecule has 8 heteroatoms. The minimum absolute atomic E-state index is 0.0226. The average molecular weight is 511 g/mol. The molecule has 2 aliphatic rings. The van der Waals surface area contributed by atoms with Gasteiger partial charge in [0, 0.05) is 31.7 Å². The lowest BCUT2D eigenvalue weighted by atomic mass is 9.85. The number of benzene rings is 2. The third-order valence-electron chi connectivity index (χ3n) is 7.03. The summed E-state index contributed by atoms with van der Waals surface area (Å²) in [6.07, 6.45) is 0.667. The fourth-order valence-corrected chi connectivity index (χ4v) is 4.88. The van der Waals surface area contributed by atoms with Crippen LogP contribution in [0.15, 0.2) is 48.0 Å². The van der Waals surface area contributed by atoms with Gasteiger partial charge in [0.1, 0.15) is 5.76 Å². The summed E-state index contributed by atoms with van der Waals surface area (Å²) in [6, 6.07) is 11.0. The summed E-state index contributed by atoms with van der Waals surface area (Å²) < 4.78 is 24.8. The number of carbonyl (C=O) groups excluding carboxylic acids is 2. The van der Waals surface area contributed by atoms with Crippen LogP contribution in [0.5, 0.6) is 5.75 Å². The molecule has 2 aliphatic heterocycles. The van der Waals surface area contributed by atoms with Crippen molar-refractivity contribution >= 4 is 17.4 Å². The van der Waals surface area contributed by atoms with E-state index in [4.69, 9.17) is 9.47 Å². The molecule has 2 fully saturated rings. The number of carbonyl (C=O) groups is 2. The highest BCUT2D eigenvalue weighted by Crippen LogP contribution is 2.40. The highest BCUT2D eigenvalue weighted by atomic mass is 19.1. The van der Waals surface area contributed by atoms with Gasteiger partial charge >= 0.3 is 0 Å². The molecular weight excluding hydrogens is 475 g/mol. The number of amides is 1. The van der Waals surface area contributed by atoms with Crippen LogP contribution in [0.3, 0.4) is 0 Å². The van der Waals surface area contributed by atoms with Gasteiger partial charge in [-0.25, -0.2) is 4.39 Å². The predicted molar refractivity (Wildman–Crippen MR) is 139 cm³/mol. The number of methoxy groups -OCH3 is 1. The number of halogens is 1. The smallest absolute Gasteiger partial charge is 0.295 e. The van der Waals surface area contributed by atoms with E-state index in [0.29, 0.717) is 31.7 Å². The lowest BCUT2D eigenvalue weighted by Crippen LogP contribution is -2.39. The summed E-state index contributed by atoms with van der Waals surface area (Å²) in [7, 11) is 1.35. The van der Waals surface area contributed by atoms with Crippen molar-refractivity contribution < 1.29 is 28.6 Å². The van der Waals surface area contributed by atoms with Crippen molar-refractivity contribution in [3.05, 3.63) is 70.5 Å². The fraction of sp³-hybridized carbons (Fsp3) is 0.448. The van der Waals surface area contributed by atoms with Crippen molar-refractivity contribution in [3.63, 3.8) is 0 Å². The predicted octanol–water partition coefficient (Wildman–Crippen LogP) is 4.28. The Balaban J connectivity index is 1.71. The molecule has 2 aromatic carbocycles. The van der Waals surface area contributed by atoms with Gasteiger partial charge in [-0.2, -0.15) is 0 Å². The number of rotatable bonds is 7. The minimum atomic E-state index is -0.774. The van der Waals surface area contributed by atoms with Gasteiger partial charge in [-0.15, -0.1) is 0 Å². The third-order valence-corrected chi connectivity index (χ3v) is 7.03. The SMILES string of the molecule is COc1ccc(/C(O)=C2\C(=O)C(=O)N(CCCN3CCOCC3)C2c2ccc(C(C)(C)C)cc2)cc1F. The summed E-state index contributed by atoms with van der Waals surface area (Å²) in [5.74, 6) is -2.49. The van der Waals surface area contributed by atoms with Gasteiger partial charge in [0.15, 0.2) is 11.6 Å². The summed E-state index contributed by atoms with van der Waals surface area (Å²) in [5.41, 5.74) is 1.83. The largest absolute Gasteiger partial charge is 0.507 e. The number of hydrogen-bond acceptors (Lipinski definition) is 6. The first-order valence-corrected chi connectivity index (χ1v) is 12.6. The van der Waals surface area contributed by atoms with Gasteiger partial charge in [-0.05, 0) is 41.2 Å². The maximum Gasteiger partial charge on any atom is 0.295 e. The van der Waals surface area contributed by atoms with Gasteiger partial charge < -0.3 is 19.5 Å². The van der Waals surface area contributed by atoms with E-state index in [1.807, 2.05) is 24.3 Å². The molecule has 4 rings (SSSR count). The molecule has 0 radical (unpaired) electrons. The first kappa shape index (κ1) is 26.8. The molecule has 198 valence electrons. The second-order valence-electron chi connectivity index (χ2n) is 10.5. The molecule has 2 heterocycles. The summed E-state index contributed by atoms with van der Waals surface area (Å²) in [6.45, 7) is 10.5. The zero-order valence-electron chi connectivity index (χ0n) is 21.9. The molecule has 1 atom stereocenters. The Hall–Kier alpha value is -3.23. The van der Waals surface area contributed by atoms with Crippen molar-refractivity contribution in [2.45, 2.75) is 38.6 Å². The van der Waals surface area contributed by atoms with Crippen LogP contribution in [0.25, 0.3) is 5.76 Å². The van der Waals surface area contributed by atoms with Crippen LogP contribution in [0.1, 0.15) is 49.9 Å². The number of ketones is 1. The van der Waals surface area contributed by atoms with E-state index >= 15 is 0 Å². The maximum atomic E-state index is 14.4. The van der Waals surface area contributed by atoms with Crippen LogP contribution in [0.2, 0.25) is 0 Å². The first-order chi connectivity index (χ1) is 17.6. The lowest BCUT2D eigenvalue weighted by Gasteiger charge is -2.29. The number of Topliss-reactive ketones (excluding diaryl/α,β-unsaturated/α-hetero) is 1. The Kier molecular flexibility index (Phi) is 7.99. The zero-order chi connectivity index (χ0) is 26.7. The number of likely N-dealkylation sites (tertiary alicyclic amines) is 1. The van der Waals surface area contributed by atoms with E-state index < -0.39 is 29.3 Å². The van der Waals surface area contributed by atoms with Gasteiger partial charge in [0.2, 0.25) is 0 Å². The summed E-state index contributed by atoms with van der Waals surface area (Å²) in [4.78, 5) is 30.3. The Bertz CT molecular complexity index is 1180. The van der Waals surface area contributed by atoms with E-state index in [1.165, 1.54) is 24.1 Å². The Morgan fingerprint density at radius 3 is 2.35 bits per heavy atom. The fourth-order valence-electron chi connectivity index (χ4n) is 4.88. The summed E-state index contributed by atoms with van der Waals surface area (Å²) in [5, 5.41) is 11.2. The molecule has 0 spiro atoms. The van der Waals surface area contributed by atoms with Crippen LogP contribution in [-0.2, 0) is 19.7 Å². The van der Waals surface area contributed by atoms with Gasteiger partial charge in [-0.3, -0.25) is 14.5 Å². The molecule has 2 saturated heterocycles. The van der Waals surface area contributed by atoms with E-state index in [-0.39, 0.29) is 22.3 Å². The number of aliphatic hydroxyl groups is 1. The van der Waals surface area contributed by atoms with Crippen molar-refractivity contribution in [2.24, 2.45) is 0 Å². The highest BCUT2D eigenvalue weighted by Gasteiger charge is 2.46. The first-order valence-electron chi connectivity index (χ1n) is 12.6. The molecule has 1 unspecified atom stereocenters. The minimum Gasteiger partial charge on any atom is -0.507 e. The van der Waals surface area contributed by atoms with Crippen LogP contribution in [-0.4, -0.2) is 73.1 Å². The number of hydrogen-bond donors (Lipinski definition) is 1. The van der Waals surface area contributed by atoms with Crippen molar-refractivity contribution in [2.75, 3.05) is 46.5 Å². The number of aliphatic hydroxyl groups excluding tert-OH is 1. The van der Waals surface area contributed by atoms with Gasteiger partial charge in [0.05, 0.1) is 31.9 Å². The zero-order valence-corrected chi connectivity index (χ0v) is 21.9. The van der Waals surface area contributed by atoms with E-state index in [0.717, 1.165) is 31.3 Å². The normalized spacial score (nSPS) is 20.5. The quantitative estimate of drug-likeness (QED) is 0.340. The standard InChI is InChI=1S/C29H35FN2O5/c1-29(2,3)21-9-6-19(7-10-21)25-24(26(33)20-8-11-23(36-4)22(30)18-20)27(34)28(35)32(25)13-5-12-31-14-16-37-17-15-31/h6-11,18,25,33H,5,12-17H2,1-4H3/b26-24+. The summed E-state index contributed by atoms with van der Waals surface area (Å²) >= 11 is 0. The van der Waals surface area contributed by atoms with Gasteiger partial charge in [-0.1, -0.05) is 45.0 Å². The lowest BCUT2D eigenvalue weighted by molar-refractivity contribution is -0.140. The second kappa shape index (κ2) is 11.0. The number of morpholine rings is 1. The van der Waals surface area contributed by atoms with Crippen molar-refractivity contribution in [1.82, 2.24) is 9.80 Å². The molecule has 37 heavy (non-hydrogen) atoms. The third kappa shape index (κ3) is 5.70. The number of ether oxygens (including phenoxy) is 2. The van der Waals surface area contributed by atoms with Crippen molar-refractivity contribution in [3.8, 4) is 5.75 Å². The molecule has 1 N–H and O–H groups in total. The second-order valence-corrected chi connectivity index (χ2v) is 10.5. The van der Waals surface area contributed by atoms with E-state index in [9.17, 15) is 19.1 Å². The van der Waals surface area contributed by atoms with Gasteiger partial charge in [0.25, 0.3) is 11.7 Å². The molecule has 7 nitrogen and oxygen atoms in total. The Labute approximate surface area is 217 Å². The number of nitrogens with zero attached hydrogens (tertiary/aromatic N) is 2. The Morgan fingerprint density at radius 1 is 1.08 bits per heavy atom. The molecular formula is C29H35FN2O5. The maximum absolute atomic E-state index is 14.4. The molecule has 2 aromatic rings. The average Bonchev–Trinajstić information content (AvgIpc) is 3.13. The molecule has 1 amide bonds. The highest BCUT2D eigenvalue weighted by molar-refractivity contribution is 6.46. The van der Waals surface area contributed by atoms with Crippen LogP contribution in [0, 0.1) is 5.82 Å². The van der Waals surface area contributed by atoms with Crippen molar-refractivity contribution in [1.29, 1.82) is 0 Å².